The highest BCUT2D eigenvalue weighted by molar-refractivity contribution is 5.31. The normalized spacial score (nSPS) is 10.3. The summed E-state index contributed by atoms with van der Waals surface area (Å²) in [5.41, 5.74) is 0.630. The fourth-order valence-corrected chi connectivity index (χ4v) is 1.30. The first-order valence-corrected chi connectivity index (χ1v) is 4.88. The summed E-state index contributed by atoms with van der Waals surface area (Å²) in [4.78, 5) is 3.49. The van der Waals surface area contributed by atoms with Crippen molar-refractivity contribution < 1.29 is 18.6 Å². The van der Waals surface area contributed by atoms with Crippen molar-refractivity contribution in [1.82, 2.24) is 4.98 Å². The number of rotatable bonds is 3. The Kier molecular flexibility index (Phi) is 3.30. The lowest BCUT2D eigenvalue weighted by Crippen LogP contribution is -1.94. The molecule has 0 aliphatic carbocycles. The Bertz CT molecular complexity index is 532. The zero-order valence-corrected chi connectivity index (χ0v) is 8.73. The smallest absolute Gasteiger partial charge is 0.256 e. The van der Waals surface area contributed by atoms with Gasteiger partial charge in [-0.05, 0) is 17.7 Å². The number of ether oxygens (including phenoxy) is 1. The van der Waals surface area contributed by atoms with Crippen molar-refractivity contribution in [2.75, 3.05) is 0 Å². The summed E-state index contributed by atoms with van der Waals surface area (Å²) in [6.45, 7) is -0.142. The second-order valence-electron chi connectivity index (χ2n) is 3.35. The van der Waals surface area contributed by atoms with Crippen LogP contribution < -0.4 is 4.74 Å². The Balaban J connectivity index is 2.25. The number of aliphatic hydroxyl groups is 1. The fraction of sp³-hybridized carbons (Fsp3) is 0.0833. The van der Waals surface area contributed by atoms with Gasteiger partial charge in [-0.3, -0.25) is 0 Å². The zero-order valence-electron chi connectivity index (χ0n) is 8.73. The highest BCUT2D eigenvalue weighted by atomic mass is 19.1. The lowest BCUT2D eigenvalue weighted by molar-refractivity contribution is 0.281. The number of hydrogen-bond acceptors (Lipinski definition) is 3. The first-order valence-electron chi connectivity index (χ1n) is 4.88. The van der Waals surface area contributed by atoms with Crippen molar-refractivity contribution in [3.8, 4) is 11.6 Å². The second-order valence-corrected chi connectivity index (χ2v) is 3.35. The van der Waals surface area contributed by atoms with Crippen molar-refractivity contribution >= 4 is 0 Å². The molecule has 1 aromatic carbocycles. The molecule has 2 rings (SSSR count). The van der Waals surface area contributed by atoms with Gasteiger partial charge in [0.25, 0.3) is 5.88 Å². The maximum Gasteiger partial charge on any atom is 0.256 e. The van der Waals surface area contributed by atoms with Gasteiger partial charge in [-0.25, -0.2) is 13.8 Å². The number of pyridine rings is 1. The molecule has 0 unspecified atom stereocenters. The third-order valence-corrected chi connectivity index (χ3v) is 2.07. The standard InChI is InChI=1S/C12H9F2NO2/c13-9-5-11(14)12(15-6-9)17-10-3-1-2-8(4-10)7-16/h1-6,16H,7H2. The largest absolute Gasteiger partial charge is 0.436 e. The molecule has 5 heteroatoms. The minimum absolute atomic E-state index is 0.142. The van der Waals surface area contributed by atoms with Gasteiger partial charge in [0.05, 0.1) is 12.8 Å². The highest BCUT2D eigenvalue weighted by Gasteiger charge is 2.08. The topological polar surface area (TPSA) is 42.4 Å². The van der Waals surface area contributed by atoms with Crippen molar-refractivity contribution in [2.45, 2.75) is 6.61 Å². The zero-order chi connectivity index (χ0) is 12.3. The molecule has 1 heterocycles. The molecule has 0 spiro atoms. The molecule has 1 N–H and O–H groups in total. The van der Waals surface area contributed by atoms with E-state index in [1.807, 2.05) is 0 Å². The minimum atomic E-state index is -0.876. The van der Waals surface area contributed by atoms with Gasteiger partial charge in [0.15, 0.2) is 5.82 Å². The van der Waals surface area contributed by atoms with E-state index in [2.05, 4.69) is 4.98 Å². The van der Waals surface area contributed by atoms with E-state index in [0.717, 1.165) is 6.20 Å². The van der Waals surface area contributed by atoms with Crippen molar-refractivity contribution in [2.24, 2.45) is 0 Å². The maximum absolute atomic E-state index is 13.2. The summed E-state index contributed by atoms with van der Waals surface area (Å²) in [5, 5.41) is 8.92. The average molecular weight is 237 g/mol. The van der Waals surface area contributed by atoms with Gasteiger partial charge in [0, 0.05) is 6.07 Å². The average Bonchev–Trinajstić information content (AvgIpc) is 2.33. The van der Waals surface area contributed by atoms with E-state index in [1.54, 1.807) is 24.3 Å². The van der Waals surface area contributed by atoms with Crippen molar-refractivity contribution in [1.29, 1.82) is 0 Å². The van der Waals surface area contributed by atoms with E-state index >= 15 is 0 Å². The van der Waals surface area contributed by atoms with E-state index in [1.165, 1.54) is 0 Å². The van der Waals surface area contributed by atoms with Gasteiger partial charge in [-0.15, -0.1) is 0 Å². The van der Waals surface area contributed by atoms with Gasteiger partial charge >= 0.3 is 0 Å². The third kappa shape index (κ3) is 2.76. The molecule has 0 radical (unpaired) electrons. The van der Waals surface area contributed by atoms with Crippen LogP contribution in [0, 0.1) is 11.6 Å². The molecule has 88 valence electrons. The monoisotopic (exact) mass is 237 g/mol. The van der Waals surface area contributed by atoms with E-state index in [9.17, 15) is 8.78 Å². The van der Waals surface area contributed by atoms with Crippen LogP contribution in [0.1, 0.15) is 5.56 Å². The van der Waals surface area contributed by atoms with Crippen LogP contribution in [-0.4, -0.2) is 10.1 Å². The van der Waals surface area contributed by atoms with Gasteiger partial charge in [0.2, 0.25) is 0 Å². The summed E-state index contributed by atoms with van der Waals surface area (Å²) in [6, 6.07) is 7.18. The number of nitrogens with zero attached hydrogens (tertiary/aromatic N) is 1. The van der Waals surface area contributed by atoms with Gasteiger partial charge in [0.1, 0.15) is 11.6 Å². The van der Waals surface area contributed by atoms with E-state index in [4.69, 9.17) is 9.84 Å². The SMILES string of the molecule is OCc1cccc(Oc2ncc(F)cc2F)c1. The molecule has 0 amide bonds. The van der Waals surface area contributed by atoms with Crippen molar-refractivity contribution in [3.05, 3.63) is 53.7 Å². The van der Waals surface area contributed by atoms with Crippen LogP contribution in [0.3, 0.4) is 0 Å². The Labute approximate surface area is 96.3 Å². The second kappa shape index (κ2) is 4.88. The van der Waals surface area contributed by atoms with Crippen LogP contribution in [0.5, 0.6) is 11.6 Å². The summed E-state index contributed by atoms with van der Waals surface area (Å²) in [5.74, 6) is -1.62. The number of aliphatic hydroxyl groups excluding tert-OH is 1. The Hall–Kier alpha value is -2.01. The quantitative estimate of drug-likeness (QED) is 0.892. The minimum Gasteiger partial charge on any atom is -0.436 e. The number of halogens is 2. The summed E-state index contributed by atoms with van der Waals surface area (Å²) >= 11 is 0. The van der Waals surface area contributed by atoms with Crippen molar-refractivity contribution in [3.63, 3.8) is 0 Å². The predicted octanol–water partition coefficient (Wildman–Crippen LogP) is 2.64. The van der Waals surface area contributed by atoms with Gasteiger partial charge in [-0.1, -0.05) is 12.1 Å². The molecule has 2 aromatic rings. The van der Waals surface area contributed by atoms with Crippen LogP contribution in [0.15, 0.2) is 36.5 Å². The first kappa shape index (κ1) is 11.5. The van der Waals surface area contributed by atoms with Crippen LogP contribution in [0.2, 0.25) is 0 Å². The number of hydrogen-bond donors (Lipinski definition) is 1. The molecule has 3 nitrogen and oxygen atoms in total. The molecule has 0 saturated carbocycles. The molecule has 1 aromatic heterocycles. The predicted molar refractivity (Wildman–Crippen MR) is 56.6 cm³/mol. The van der Waals surface area contributed by atoms with Gasteiger partial charge in [-0.2, -0.15) is 0 Å². The van der Waals surface area contributed by atoms with E-state index in [-0.39, 0.29) is 12.5 Å². The Morgan fingerprint density at radius 3 is 2.76 bits per heavy atom. The molecule has 0 saturated heterocycles. The number of aromatic nitrogens is 1. The van der Waals surface area contributed by atoms with E-state index in [0.29, 0.717) is 17.4 Å². The van der Waals surface area contributed by atoms with Crippen LogP contribution >= 0.6 is 0 Å². The molecule has 0 atom stereocenters. The Morgan fingerprint density at radius 2 is 2.06 bits per heavy atom. The maximum atomic E-state index is 13.2. The Morgan fingerprint density at radius 1 is 1.24 bits per heavy atom. The molecule has 0 bridgehead atoms. The van der Waals surface area contributed by atoms with Crippen LogP contribution in [-0.2, 0) is 6.61 Å². The molecule has 0 fully saturated rings. The molecule has 0 aliphatic rings. The first-order chi connectivity index (χ1) is 8.19. The summed E-state index contributed by atoms with van der Waals surface area (Å²) in [6.07, 6.45) is 0.869. The summed E-state index contributed by atoms with van der Waals surface area (Å²) < 4.78 is 31.0. The molecule has 0 aliphatic heterocycles. The van der Waals surface area contributed by atoms with E-state index < -0.39 is 11.6 Å². The molecular formula is C12H9F2NO2. The molecule has 17 heavy (non-hydrogen) atoms. The van der Waals surface area contributed by atoms with Crippen LogP contribution in [0.4, 0.5) is 8.78 Å². The van der Waals surface area contributed by atoms with Gasteiger partial charge < -0.3 is 9.84 Å². The lowest BCUT2D eigenvalue weighted by atomic mass is 10.2. The number of benzene rings is 1. The third-order valence-electron chi connectivity index (χ3n) is 2.07. The lowest BCUT2D eigenvalue weighted by Gasteiger charge is -2.06. The summed E-state index contributed by atoms with van der Waals surface area (Å²) in [7, 11) is 0. The fourth-order valence-electron chi connectivity index (χ4n) is 1.30. The highest BCUT2D eigenvalue weighted by Crippen LogP contribution is 2.23. The molecular weight excluding hydrogens is 228 g/mol. The van der Waals surface area contributed by atoms with Crippen LogP contribution in [0.25, 0.3) is 0 Å².